The van der Waals surface area contributed by atoms with E-state index in [4.69, 9.17) is 4.74 Å². The maximum atomic E-state index is 5.29. The van der Waals surface area contributed by atoms with Gasteiger partial charge in [-0.3, -0.25) is 0 Å². The predicted octanol–water partition coefficient (Wildman–Crippen LogP) is 2.64. The van der Waals surface area contributed by atoms with Crippen LogP contribution in [0.2, 0.25) is 0 Å². The van der Waals surface area contributed by atoms with E-state index in [9.17, 15) is 0 Å². The van der Waals surface area contributed by atoms with Crippen LogP contribution in [0.1, 0.15) is 24.0 Å². The van der Waals surface area contributed by atoms with Crippen molar-refractivity contribution in [2.75, 3.05) is 7.11 Å². The van der Waals surface area contributed by atoms with E-state index in [-0.39, 0.29) is 5.92 Å². The monoisotopic (exact) mass is 214 g/mol. The lowest BCUT2D eigenvalue weighted by molar-refractivity contribution is 0.404. The third-order valence-corrected chi connectivity index (χ3v) is 2.71. The van der Waals surface area contributed by atoms with Gasteiger partial charge in [-0.2, -0.15) is 10.2 Å². The largest absolute Gasteiger partial charge is 0.495 e. The minimum atomic E-state index is 0.256. The first-order valence-electron chi connectivity index (χ1n) is 5.22. The Hall–Kier alpha value is -1.90. The number of aromatic nitrogens is 2. The zero-order valence-corrected chi connectivity index (χ0v) is 9.42. The third kappa shape index (κ3) is 2.03. The number of hydrogen-bond donors (Lipinski definition) is 0. The van der Waals surface area contributed by atoms with E-state index in [0.717, 1.165) is 11.3 Å². The second-order valence-corrected chi connectivity index (χ2v) is 3.65. The number of methoxy groups -OCH3 is 1. The second-order valence-electron chi connectivity index (χ2n) is 3.65. The van der Waals surface area contributed by atoms with Gasteiger partial charge in [-0.25, -0.2) is 0 Å². The standard InChI is InChI=1S/C13H14N2O/c1-10(11-6-4-3-5-7-11)12-8-14-15-9-13(12)16-2/h3-10H,1-2H3. The van der Waals surface area contributed by atoms with E-state index in [0.29, 0.717) is 0 Å². The Bertz CT molecular complexity index is 456. The van der Waals surface area contributed by atoms with Crippen LogP contribution in [0.15, 0.2) is 42.7 Å². The molecule has 0 radical (unpaired) electrons. The lowest BCUT2D eigenvalue weighted by Gasteiger charge is -2.14. The van der Waals surface area contributed by atoms with Crippen molar-refractivity contribution in [2.45, 2.75) is 12.8 Å². The van der Waals surface area contributed by atoms with E-state index in [2.05, 4.69) is 29.3 Å². The van der Waals surface area contributed by atoms with E-state index >= 15 is 0 Å². The molecule has 1 atom stereocenters. The molecule has 2 aromatic rings. The lowest BCUT2D eigenvalue weighted by Crippen LogP contribution is -2.01. The average Bonchev–Trinajstić information content (AvgIpc) is 2.39. The molecule has 1 aromatic carbocycles. The molecule has 0 fully saturated rings. The van der Waals surface area contributed by atoms with Crippen molar-refractivity contribution in [1.82, 2.24) is 10.2 Å². The summed E-state index contributed by atoms with van der Waals surface area (Å²) in [4.78, 5) is 0. The topological polar surface area (TPSA) is 35.0 Å². The van der Waals surface area contributed by atoms with Crippen LogP contribution in [0.4, 0.5) is 0 Å². The smallest absolute Gasteiger partial charge is 0.144 e. The van der Waals surface area contributed by atoms with Crippen molar-refractivity contribution < 1.29 is 4.74 Å². The van der Waals surface area contributed by atoms with Gasteiger partial charge in [0.1, 0.15) is 5.75 Å². The van der Waals surface area contributed by atoms with Crippen LogP contribution in [0, 0.1) is 0 Å². The summed E-state index contributed by atoms with van der Waals surface area (Å²) in [5.41, 5.74) is 2.30. The van der Waals surface area contributed by atoms with E-state index in [1.54, 1.807) is 19.5 Å². The molecule has 0 aliphatic rings. The zero-order chi connectivity index (χ0) is 11.4. The van der Waals surface area contributed by atoms with Crippen LogP contribution >= 0.6 is 0 Å². The summed E-state index contributed by atoms with van der Waals surface area (Å²) in [6.07, 6.45) is 3.41. The number of ether oxygens (including phenoxy) is 1. The summed E-state index contributed by atoms with van der Waals surface area (Å²) in [6.45, 7) is 2.13. The third-order valence-electron chi connectivity index (χ3n) is 2.71. The molecule has 3 heteroatoms. The lowest BCUT2D eigenvalue weighted by atomic mass is 9.94. The highest BCUT2D eigenvalue weighted by Gasteiger charge is 2.13. The molecule has 0 spiro atoms. The summed E-state index contributed by atoms with van der Waals surface area (Å²) in [5, 5.41) is 7.73. The fourth-order valence-electron chi connectivity index (χ4n) is 1.74. The van der Waals surface area contributed by atoms with Crippen molar-refractivity contribution in [2.24, 2.45) is 0 Å². The van der Waals surface area contributed by atoms with E-state index in [1.807, 2.05) is 18.2 Å². The van der Waals surface area contributed by atoms with Gasteiger partial charge >= 0.3 is 0 Å². The molecule has 0 saturated heterocycles. The molecule has 16 heavy (non-hydrogen) atoms. The molecule has 3 nitrogen and oxygen atoms in total. The summed E-state index contributed by atoms with van der Waals surface area (Å²) < 4.78 is 5.29. The van der Waals surface area contributed by atoms with Gasteiger partial charge in [-0.15, -0.1) is 0 Å². The molecule has 1 unspecified atom stereocenters. The van der Waals surface area contributed by atoms with Gasteiger partial charge in [0.25, 0.3) is 0 Å². The van der Waals surface area contributed by atoms with Crippen molar-refractivity contribution in [3.63, 3.8) is 0 Å². The van der Waals surface area contributed by atoms with Crippen molar-refractivity contribution in [3.05, 3.63) is 53.9 Å². The van der Waals surface area contributed by atoms with Crippen LogP contribution in [-0.2, 0) is 0 Å². The fraction of sp³-hybridized carbons (Fsp3) is 0.231. The molecule has 82 valence electrons. The minimum Gasteiger partial charge on any atom is -0.495 e. The van der Waals surface area contributed by atoms with Gasteiger partial charge in [0.2, 0.25) is 0 Å². The summed E-state index contributed by atoms with van der Waals surface area (Å²) in [6, 6.07) is 10.3. The molecule has 1 aromatic heterocycles. The molecule has 0 amide bonds. The van der Waals surface area contributed by atoms with Crippen LogP contribution < -0.4 is 4.74 Å². The highest BCUT2D eigenvalue weighted by atomic mass is 16.5. The van der Waals surface area contributed by atoms with Crippen LogP contribution in [0.3, 0.4) is 0 Å². The molecule has 0 N–H and O–H groups in total. The molecular formula is C13H14N2O. The number of nitrogens with zero attached hydrogens (tertiary/aromatic N) is 2. The molecular weight excluding hydrogens is 200 g/mol. The summed E-state index contributed by atoms with van der Waals surface area (Å²) in [5.74, 6) is 1.04. The Kier molecular flexibility index (Phi) is 3.15. The molecule has 0 bridgehead atoms. The van der Waals surface area contributed by atoms with E-state index in [1.165, 1.54) is 5.56 Å². The van der Waals surface area contributed by atoms with Crippen LogP contribution in [-0.4, -0.2) is 17.3 Å². The van der Waals surface area contributed by atoms with Gasteiger partial charge < -0.3 is 4.74 Å². The summed E-state index contributed by atoms with van der Waals surface area (Å²) >= 11 is 0. The van der Waals surface area contributed by atoms with Gasteiger partial charge in [0, 0.05) is 11.5 Å². The molecule has 0 aliphatic carbocycles. The van der Waals surface area contributed by atoms with Gasteiger partial charge in [0.05, 0.1) is 19.5 Å². The van der Waals surface area contributed by atoms with Crippen molar-refractivity contribution in [3.8, 4) is 5.75 Å². The van der Waals surface area contributed by atoms with Crippen molar-refractivity contribution >= 4 is 0 Å². The molecule has 0 saturated carbocycles. The Morgan fingerprint density at radius 2 is 1.75 bits per heavy atom. The fourth-order valence-corrected chi connectivity index (χ4v) is 1.74. The average molecular weight is 214 g/mol. The van der Waals surface area contributed by atoms with E-state index < -0.39 is 0 Å². The Labute approximate surface area is 95.1 Å². The Morgan fingerprint density at radius 3 is 2.44 bits per heavy atom. The van der Waals surface area contributed by atoms with Gasteiger partial charge in [-0.1, -0.05) is 37.3 Å². The van der Waals surface area contributed by atoms with Crippen LogP contribution in [0.5, 0.6) is 5.75 Å². The van der Waals surface area contributed by atoms with Crippen molar-refractivity contribution in [1.29, 1.82) is 0 Å². The first-order valence-corrected chi connectivity index (χ1v) is 5.22. The number of hydrogen-bond acceptors (Lipinski definition) is 3. The Balaban J connectivity index is 2.37. The van der Waals surface area contributed by atoms with Gasteiger partial charge in [-0.05, 0) is 5.56 Å². The minimum absolute atomic E-state index is 0.256. The van der Waals surface area contributed by atoms with Gasteiger partial charge in [0.15, 0.2) is 0 Å². The Morgan fingerprint density at radius 1 is 1.06 bits per heavy atom. The maximum absolute atomic E-state index is 5.29. The second kappa shape index (κ2) is 4.75. The molecule has 1 heterocycles. The quantitative estimate of drug-likeness (QED) is 0.787. The first kappa shape index (κ1) is 10.6. The highest BCUT2D eigenvalue weighted by Crippen LogP contribution is 2.29. The van der Waals surface area contributed by atoms with Crippen LogP contribution in [0.25, 0.3) is 0 Å². The SMILES string of the molecule is COc1cnncc1C(C)c1ccccc1. The normalized spacial score (nSPS) is 12.1. The predicted molar refractivity (Wildman–Crippen MR) is 62.5 cm³/mol. The molecule has 2 rings (SSSR count). The maximum Gasteiger partial charge on any atom is 0.144 e. The molecule has 0 aliphatic heterocycles. The number of rotatable bonds is 3. The zero-order valence-electron chi connectivity index (χ0n) is 9.42. The summed E-state index contributed by atoms with van der Waals surface area (Å²) in [7, 11) is 1.65. The highest BCUT2D eigenvalue weighted by molar-refractivity contribution is 5.38. The number of benzene rings is 1. The first-order chi connectivity index (χ1) is 7.83.